The number of ether oxygens (including phenoxy) is 3. The van der Waals surface area contributed by atoms with E-state index in [-0.39, 0.29) is 12.3 Å². The van der Waals surface area contributed by atoms with Crippen molar-refractivity contribution < 1.29 is 28.6 Å². The standard InChI is InChI=1S/C28H24BrCl2N3O6/c1-3-39-24-13-17(10-18(29)26(24)40-15-16-8-9-19(30)20(31)11-16)12-22-27(36)34(28(37)33-22)14-25(35)32-21-6-4-5-7-23(21)38-2/h4-13H,3,14-15H2,1-2H3,(H,32,35)(H,33,37)/b22-12+. The fraction of sp³-hybridized carbons (Fsp3) is 0.179. The molecule has 0 aromatic heterocycles. The van der Waals surface area contributed by atoms with Crippen LogP contribution in [0.1, 0.15) is 18.1 Å². The average molecular weight is 649 g/mol. The molecule has 3 aromatic carbocycles. The van der Waals surface area contributed by atoms with Crippen LogP contribution >= 0.6 is 39.1 Å². The molecular formula is C28H24BrCl2N3O6. The second-order valence-corrected chi connectivity index (χ2v) is 10.1. The molecule has 0 saturated carbocycles. The molecule has 40 heavy (non-hydrogen) atoms. The zero-order valence-corrected chi connectivity index (χ0v) is 24.5. The maximum Gasteiger partial charge on any atom is 0.329 e. The Labute approximate surface area is 249 Å². The van der Waals surface area contributed by atoms with Gasteiger partial charge in [-0.25, -0.2) is 9.69 Å². The molecule has 1 aliphatic rings. The van der Waals surface area contributed by atoms with Gasteiger partial charge in [0.25, 0.3) is 5.91 Å². The van der Waals surface area contributed by atoms with Crippen LogP contribution in [-0.4, -0.2) is 43.0 Å². The molecule has 4 amide bonds. The molecule has 3 aromatic rings. The highest BCUT2D eigenvalue weighted by Gasteiger charge is 2.35. The zero-order valence-electron chi connectivity index (χ0n) is 21.4. The number of imide groups is 1. The van der Waals surface area contributed by atoms with Crippen LogP contribution in [-0.2, 0) is 16.2 Å². The Kier molecular flexibility index (Phi) is 9.57. The Morgan fingerprint density at radius 2 is 1.82 bits per heavy atom. The van der Waals surface area contributed by atoms with Gasteiger partial charge in [-0.2, -0.15) is 0 Å². The second kappa shape index (κ2) is 13.1. The van der Waals surface area contributed by atoms with E-state index < -0.39 is 24.4 Å². The molecular weight excluding hydrogens is 625 g/mol. The highest BCUT2D eigenvalue weighted by molar-refractivity contribution is 9.10. The minimum Gasteiger partial charge on any atom is -0.495 e. The first-order chi connectivity index (χ1) is 19.2. The molecule has 0 bridgehead atoms. The summed E-state index contributed by atoms with van der Waals surface area (Å²) in [4.78, 5) is 38.9. The van der Waals surface area contributed by atoms with Crippen molar-refractivity contribution in [2.45, 2.75) is 13.5 Å². The van der Waals surface area contributed by atoms with Crippen LogP contribution in [0.2, 0.25) is 10.0 Å². The van der Waals surface area contributed by atoms with E-state index >= 15 is 0 Å². The first-order valence-corrected chi connectivity index (χ1v) is 13.6. The number of carbonyl (C=O) groups excluding carboxylic acids is 3. The number of anilines is 1. The molecule has 0 aliphatic carbocycles. The molecule has 0 spiro atoms. The Bertz CT molecular complexity index is 1500. The van der Waals surface area contributed by atoms with Gasteiger partial charge >= 0.3 is 6.03 Å². The van der Waals surface area contributed by atoms with Crippen LogP contribution in [0.15, 0.2) is 64.8 Å². The van der Waals surface area contributed by atoms with E-state index in [9.17, 15) is 14.4 Å². The monoisotopic (exact) mass is 647 g/mol. The number of hydrogen-bond donors (Lipinski definition) is 2. The van der Waals surface area contributed by atoms with Gasteiger partial charge in [-0.3, -0.25) is 9.59 Å². The Hall–Kier alpha value is -3.73. The van der Waals surface area contributed by atoms with E-state index in [2.05, 4.69) is 26.6 Å². The van der Waals surface area contributed by atoms with Crippen molar-refractivity contribution in [3.8, 4) is 17.2 Å². The number of urea groups is 1. The number of amides is 4. The van der Waals surface area contributed by atoms with Crippen LogP contribution in [0, 0.1) is 0 Å². The molecule has 0 radical (unpaired) electrons. The maximum absolute atomic E-state index is 13.0. The lowest BCUT2D eigenvalue weighted by Crippen LogP contribution is -2.38. The summed E-state index contributed by atoms with van der Waals surface area (Å²) in [5.74, 6) is 0.127. The van der Waals surface area contributed by atoms with Gasteiger partial charge < -0.3 is 24.8 Å². The lowest BCUT2D eigenvalue weighted by molar-refractivity contribution is -0.127. The summed E-state index contributed by atoms with van der Waals surface area (Å²) in [6.07, 6.45) is 1.49. The first kappa shape index (κ1) is 29.3. The SMILES string of the molecule is CCOc1cc(/C=C2/NC(=O)N(CC(=O)Nc3ccccc3OC)C2=O)cc(Br)c1OCc1ccc(Cl)c(Cl)c1. The lowest BCUT2D eigenvalue weighted by Gasteiger charge is -2.15. The Balaban J connectivity index is 1.49. The third-order valence-electron chi connectivity index (χ3n) is 5.65. The van der Waals surface area contributed by atoms with E-state index in [1.165, 1.54) is 13.2 Å². The zero-order chi connectivity index (χ0) is 28.8. The molecule has 208 valence electrons. The summed E-state index contributed by atoms with van der Waals surface area (Å²) in [6.45, 7) is 1.92. The minimum absolute atomic E-state index is 0.00825. The van der Waals surface area contributed by atoms with E-state index in [4.69, 9.17) is 37.4 Å². The Morgan fingerprint density at radius 1 is 1.05 bits per heavy atom. The van der Waals surface area contributed by atoms with Gasteiger partial charge in [-0.15, -0.1) is 0 Å². The van der Waals surface area contributed by atoms with Crippen molar-refractivity contribution in [2.24, 2.45) is 0 Å². The summed E-state index contributed by atoms with van der Waals surface area (Å²) in [7, 11) is 1.48. The number of carbonyl (C=O) groups is 3. The number of nitrogens with one attached hydrogen (secondary N) is 2. The molecule has 2 N–H and O–H groups in total. The van der Waals surface area contributed by atoms with E-state index in [1.807, 2.05) is 6.92 Å². The van der Waals surface area contributed by atoms with Gasteiger partial charge in [0.15, 0.2) is 11.5 Å². The third kappa shape index (κ3) is 6.88. The fourth-order valence-electron chi connectivity index (χ4n) is 3.82. The van der Waals surface area contributed by atoms with Crippen molar-refractivity contribution in [1.29, 1.82) is 0 Å². The number of nitrogens with zero attached hydrogens (tertiary/aromatic N) is 1. The highest BCUT2D eigenvalue weighted by Crippen LogP contribution is 2.38. The lowest BCUT2D eigenvalue weighted by atomic mass is 10.1. The number of para-hydroxylation sites is 2. The van der Waals surface area contributed by atoms with Gasteiger partial charge in [0.2, 0.25) is 5.91 Å². The Morgan fingerprint density at radius 3 is 2.55 bits per heavy atom. The fourth-order valence-corrected chi connectivity index (χ4v) is 4.72. The van der Waals surface area contributed by atoms with Gasteiger partial charge in [0.1, 0.15) is 24.6 Å². The molecule has 1 fully saturated rings. The molecule has 1 heterocycles. The number of methoxy groups -OCH3 is 1. The molecule has 0 unspecified atom stereocenters. The third-order valence-corrected chi connectivity index (χ3v) is 6.98. The van der Waals surface area contributed by atoms with Crippen molar-refractivity contribution in [3.05, 3.63) is 85.9 Å². The van der Waals surface area contributed by atoms with Crippen LogP contribution in [0.5, 0.6) is 17.2 Å². The molecule has 4 rings (SSSR count). The van der Waals surface area contributed by atoms with Crippen molar-refractivity contribution in [2.75, 3.05) is 25.6 Å². The smallest absolute Gasteiger partial charge is 0.329 e. The predicted octanol–water partition coefficient (Wildman–Crippen LogP) is 6.27. The summed E-state index contributed by atoms with van der Waals surface area (Å²) >= 11 is 15.6. The van der Waals surface area contributed by atoms with Crippen molar-refractivity contribution in [1.82, 2.24) is 10.2 Å². The summed E-state index contributed by atoms with van der Waals surface area (Å²) in [5, 5.41) is 6.04. The predicted molar refractivity (Wildman–Crippen MR) is 156 cm³/mol. The number of hydrogen-bond acceptors (Lipinski definition) is 6. The van der Waals surface area contributed by atoms with E-state index in [0.717, 1.165) is 10.5 Å². The highest BCUT2D eigenvalue weighted by atomic mass is 79.9. The molecule has 1 aliphatic heterocycles. The summed E-state index contributed by atoms with van der Waals surface area (Å²) in [5.41, 5.74) is 1.80. The van der Waals surface area contributed by atoms with Gasteiger partial charge in [0.05, 0.1) is 33.9 Å². The van der Waals surface area contributed by atoms with Crippen molar-refractivity contribution in [3.63, 3.8) is 0 Å². The van der Waals surface area contributed by atoms with E-state index in [0.29, 0.717) is 49.6 Å². The molecule has 9 nitrogen and oxygen atoms in total. The molecule has 0 atom stereocenters. The van der Waals surface area contributed by atoms with Gasteiger partial charge in [0, 0.05) is 0 Å². The summed E-state index contributed by atoms with van der Waals surface area (Å²) < 4.78 is 17.6. The van der Waals surface area contributed by atoms with E-state index in [1.54, 1.807) is 54.6 Å². The largest absolute Gasteiger partial charge is 0.495 e. The van der Waals surface area contributed by atoms with Crippen LogP contribution < -0.4 is 24.8 Å². The number of benzene rings is 3. The number of rotatable bonds is 10. The van der Waals surface area contributed by atoms with Crippen LogP contribution in [0.4, 0.5) is 10.5 Å². The molecule has 1 saturated heterocycles. The maximum atomic E-state index is 13.0. The molecule has 12 heteroatoms. The van der Waals surface area contributed by atoms with Crippen LogP contribution in [0.25, 0.3) is 6.08 Å². The van der Waals surface area contributed by atoms with Crippen LogP contribution in [0.3, 0.4) is 0 Å². The summed E-state index contributed by atoms with van der Waals surface area (Å²) in [6, 6.07) is 14.7. The second-order valence-electron chi connectivity index (χ2n) is 8.43. The normalized spacial score (nSPS) is 13.8. The number of halogens is 3. The van der Waals surface area contributed by atoms with Gasteiger partial charge in [-0.1, -0.05) is 41.4 Å². The first-order valence-electron chi connectivity index (χ1n) is 12.0. The average Bonchev–Trinajstić information content (AvgIpc) is 3.17. The van der Waals surface area contributed by atoms with Crippen molar-refractivity contribution >= 4 is 68.7 Å². The van der Waals surface area contributed by atoms with Gasteiger partial charge in [-0.05, 0) is 76.5 Å². The quantitative estimate of drug-likeness (QED) is 0.198. The minimum atomic E-state index is -0.711. The topological polar surface area (TPSA) is 106 Å².